The van der Waals surface area contributed by atoms with E-state index >= 15 is 0 Å². The summed E-state index contributed by atoms with van der Waals surface area (Å²) in [5, 5.41) is 10.2. The van der Waals surface area contributed by atoms with E-state index in [1.807, 2.05) is 91.0 Å². The van der Waals surface area contributed by atoms with Gasteiger partial charge in [-0.2, -0.15) is 0 Å². The van der Waals surface area contributed by atoms with Crippen molar-refractivity contribution in [3.8, 4) is 5.75 Å². The topological polar surface area (TPSA) is 20.2 Å². The van der Waals surface area contributed by atoms with Crippen molar-refractivity contribution in [1.29, 1.82) is 0 Å². The van der Waals surface area contributed by atoms with Crippen LogP contribution in [0.2, 0.25) is 0 Å². The number of rotatable bonds is 5. The Kier molecular flexibility index (Phi) is 5.48. The fourth-order valence-electron chi connectivity index (χ4n) is 3.96. The average Bonchev–Trinajstić information content (AvgIpc) is 2.81. The third-order valence-electron chi connectivity index (χ3n) is 5.50. The number of hydrogen-bond acceptors (Lipinski definition) is 1. The first kappa shape index (κ1) is 20.7. The average molecular weight is 485 g/mol. The summed E-state index contributed by atoms with van der Waals surface area (Å²) in [7, 11) is 0. The van der Waals surface area contributed by atoms with Gasteiger partial charge in [0.15, 0.2) is 0 Å². The Morgan fingerprint density at radius 1 is 0.633 bits per heavy atom. The van der Waals surface area contributed by atoms with Crippen LogP contribution in [0.15, 0.2) is 103 Å². The zero-order valence-corrected chi connectivity index (χ0v) is 18.5. The van der Waals surface area contributed by atoms with Crippen LogP contribution in [0.3, 0.4) is 0 Å². The summed E-state index contributed by atoms with van der Waals surface area (Å²) in [5.74, 6) is -2.93. The van der Waals surface area contributed by atoms with Crippen LogP contribution in [0.5, 0.6) is 5.75 Å². The van der Waals surface area contributed by atoms with Crippen molar-refractivity contribution in [2.24, 2.45) is 0 Å². The Bertz CT molecular complexity index is 1070. The van der Waals surface area contributed by atoms with Gasteiger partial charge in [-0.25, -0.2) is 0 Å². The van der Waals surface area contributed by atoms with Gasteiger partial charge < -0.3 is 0 Å². The van der Waals surface area contributed by atoms with Crippen LogP contribution in [0.25, 0.3) is 0 Å². The van der Waals surface area contributed by atoms with E-state index < -0.39 is 22.7 Å². The molecule has 0 amide bonds. The van der Waals surface area contributed by atoms with E-state index in [4.69, 9.17) is 0 Å². The number of hydrogen-bond donors (Lipinski definition) is 1. The molecule has 0 atom stereocenters. The van der Waals surface area contributed by atoms with Crippen molar-refractivity contribution in [1.82, 2.24) is 0 Å². The SMILES string of the molecule is Oc1c(CP(Br)(c2ccccc2)(c2ccccc2)c2ccccc2)ccc(F)c1F. The Morgan fingerprint density at radius 2 is 1.03 bits per heavy atom. The van der Waals surface area contributed by atoms with Crippen LogP contribution < -0.4 is 15.9 Å². The summed E-state index contributed by atoms with van der Waals surface area (Å²) in [4.78, 5) is 0. The fourth-order valence-corrected chi connectivity index (χ4v) is 11.6. The zero-order chi connectivity index (χ0) is 21.2. The van der Waals surface area contributed by atoms with Gasteiger partial charge in [-0.05, 0) is 0 Å². The van der Waals surface area contributed by atoms with Crippen LogP contribution in [0.1, 0.15) is 5.56 Å². The first-order valence-electron chi connectivity index (χ1n) is 9.50. The van der Waals surface area contributed by atoms with Gasteiger partial charge in [-0.15, -0.1) is 0 Å². The molecule has 152 valence electrons. The second-order valence-electron chi connectivity index (χ2n) is 7.22. The van der Waals surface area contributed by atoms with Gasteiger partial charge in [0.1, 0.15) is 0 Å². The molecule has 0 unspecified atom stereocenters. The fraction of sp³-hybridized carbons (Fsp3) is 0.0400. The first-order chi connectivity index (χ1) is 14.4. The van der Waals surface area contributed by atoms with Crippen LogP contribution in [0, 0.1) is 11.6 Å². The quantitative estimate of drug-likeness (QED) is 0.344. The Morgan fingerprint density at radius 3 is 1.43 bits per heavy atom. The molecular formula is C25H20BrF2OP. The predicted octanol–water partition coefficient (Wildman–Crippen LogP) is 6.01. The molecule has 0 aliphatic rings. The van der Waals surface area contributed by atoms with Gasteiger partial charge in [0.05, 0.1) is 0 Å². The minimum absolute atomic E-state index is 0.284. The summed E-state index contributed by atoms with van der Waals surface area (Å²) >= 11 is 4.23. The number of aromatic hydroxyl groups is 1. The number of phenols is 1. The summed E-state index contributed by atoms with van der Waals surface area (Å²) < 4.78 is 28.0. The molecule has 0 saturated carbocycles. The molecule has 1 nitrogen and oxygen atoms in total. The number of phenolic OH excluding ortho intramolecular Hbond substituents is 1. The maximum absolute atomic E-state index is 14.3. The molecule has 4 aromatic carbocycles. The molecule has 0 saturated heterocycles. The molecule has 5 heteroatoms. The van der Waals surface area contributed by atoms with Crippen LogP contribution >= 0.6 is 20.8 Å². The van der Waals surface area contributed by atoms with E-state index in [1.54, 1.807) is 0 Å². The minimum atomic E-state index is -3.39. The van der Waals surface area contributed by atoms with E-state index in [1.165, 1.54) is 6.07 Å². The van der Waals surface area contributed by atoms with Crippen molar-refractivity contribution in [2.75, 3.05) is 0 Å². The van der Waals surface area contributed by atoms with E-state index in [2.05, 4.69) is 15.5 Å². The second-order valence-corrected chi connectivity index (χ2v) is 16.1. The molecule has 1 N–H and O–H groups in total. The molecule has 0 aliphatic heterocycles. The summed E-state index contributed by atoms with van der Waals surface area (Å²) in [6, 6.07) is 32.4. The van der Waals surface area contributed by atoms with Crippen LogP contribution in [-0.4, -0.2) is 5.11 Å². The third-order valence-corrected chi connectivity index (χ3v) is 15.0. The van der Waals surface area contributed by atoms with Crippen molar-refractivity contribution in [2.45, 2.75) is 6.16 Å². The standard InChI is InChI=1S/C25H20BrF2OP/c26-30(20-10-4-1-5-11-20,21-12-6-2-7-13-21,22-14-8-3-9-15-22)18-19-16-17-23(27)24(28)25(19)29/h1-17,29H,18H2. The number of benzene rings is 4. The monoisotopic (exact) mass is 484 g/mol. The van der Waals surface area contributed by atoms with Gasteiger partial charge in [0.2, 0.25) is 0 Å². The molecule has 0 spiro atoms. The van der Waals surface area contributed by atoms with E-state index in [9.17, 15) is 13.9 Å². The van der Waals surface area contributed by atoms with Crippen molar-refractivity contribution in [3.05, 3.63) is 120 Å². The molecule has 4 rings (SSSR count). The Hall–Kier alpha value is -2.55. The van der Waals surface area contributed by atoms with Gasteiger partial charge in [-0.3, -0.25) is 0 Å². The van der Waals surface area contributed by atoms with Crippen molar-refractivity contribution < 1.29 is 13.9 Å². The van der Waals surface area contributed by atoms with E-state index in [-0.39, 0.29) is 6.16 Å². The first-order valence-corrected chi connectivity index (χ1v) is 13.9. The molecule has 0 heterocycles. The molecule has 0 aromatic heterocycles. The Balaban J connectivity index is 2.11. The zero-order valence-electron chi connectivity index (χ0n) is 16.1. The van der Waals surface area contributed by atoms with E-state index in [0.29, 0.717) is 5.56 Å². The van der Waals surface area contributed by atoms with Crippen molar-refractivity contribution >= 4 is 36.7 Å². The Labute approximate surface area is 182 Å². The summed E-state index contributed by atoms with van der Waals surface area (Å²) in [6.45, 7) is 0. The molecule has 0 aliphatic carbocycles. The predicted molar refractivity (Wildman–Crippen MR) is 126 cm³/mol. The molecule has 30 heavy (non-hydrogen) atoms. The maximum atomic E-state index is 14.3. The van der Waals surface area contributed by atoms with Gasteiger partial charge in [-0.1, -0.05) is 0 Å². The van der Waals surface area contributed by atoms with Gasteiger partial charge in [0.25, 0.3) is 0 Å². The summed E-state index contributed by atoms with van der Waals surface area (Å²) in [5.41, 5.74) is 0.347. The normalized spacial score (nSPS) is 12.8. The summed E-state index contributed by atoms with van der Waals surface area (Å²) in [6.07, 6.45) is 0.284. The van der Waals surface area contributed by atoms with Gasteiger partial charge in [0, 0.05) is 0 Å². The third kappa shape index (κ3) is 3.25. The molecule has 4 aromatic rings. The van der Waals surface area contributed by atoms with Crippen molar-refractivity contribution in [3.63, 3.8) is 0 Å². The molecule has 0 bridgehead atoms. The van der Waals surface area contributed by atoms with Crippen LogP contribution in [-0.2, 0) is 6.16 Å². The molecule has 0 radical (unpaired) electrons. The second kappa shape index (κ2) is 7.94. The molecule has 0 fully saturated rings. The van der Waals surface area contributed by atoms with E-state index in [0.717, 1.165) is 22.0 Å². The molecular weight excluding hydrogens is 465 g/mol. The van der Waals surface area contributed by atoms with Gasteiger partial charge >= 0.3 is 183 Å². The van der Waals surface area contributed by atoms with Crippen LogP contribution in [0.4, 0.5) is 8.78 Å². The number of halogens is 3.